The number of rotatable bonds is 9. The van der Waals surface area contributed by atoms with Gasteiger partial charge in [-0.25, -0.2) is 4.39 Å². The molecule has 0 spiro atoms. The van der Waals surface area contributed by atoms with Crippen LogP contribution in [0.5, 0.6) is 5.75 Å². The monoisotopic (exact) mass is 539 g/mol. The molecule has 4 aromatic rings. The van der Waals surface area contributed by atoms with E-state index in [2.05, 4.69) is 10.3 Å². The fourth-order valence-corrected chi connectivity index (χ4v) is 5.31. The molecule has 2 N–H and O–H groups in total. The highest BCUT2D eigenvalue weighted by Gasteiger charge is 2.34. The predicted molar refractivity (Wildman–Crippen MR) is 153 cm³/mol. The van der Waals surface area contributed by atoms with Crippen LogP contribution < -0.4 is 10.1 Å². The normalized spacial score (nSPS) is 14.3. The third kappa shape index (κ3) is 6.42. The molecule has 1 heterocycles. The van der Waals surface area contributed by atoms with Gasteiger partial charge >= 0.3 is 0 Å². The van der Waals surface area contributed by atoms with Gasteiger partial charge in [0.15, 0.2) is 0 Å². The molecule has 6 nitrogen and oxygen atoms in total. The molecule has 1 atom stereocenters. The molecule has 1 aromatic heterocycles. The summed E-state index contributed by atoms with van der Waals surface area (Å²) in [6.07, 6.45) is 5.10. The second-order valence-corrected chi connectivity index (χ2v) is 10.2. The van der Waals surface area contributed by atoms with Crippen molar-refractivity contribution in [1.29, 1.82) is 0 Å². The maximum absolute atomic E-state index is 14.2. The fourth-order valence-electron chi connectivity index (χ4n) is 5.31. The van der Waals surface area contributed by atoms with Crippen LogP contribution >= 0.6 is 0 Å². The van der Waals surface area contributed by atoms with Gasteiger partial charge in [0.05, 0.1) is 7.11 Å². The molecule has 3 aromatic carbocycles. The number of methoxy groups -OCH3 is 1. The number of amides is 2. The van der Waals surface area contributed by atoms with Crippen LogP contribution in [0.3, 0.4) is 0 Å². The minimum absolute atomic E-state index is 0.0531. The van der Waals surface area contributed by atoms with Crippen LogP contribution in [0.25, 0.3) is 11.3 Å². The Bertz CT molecular complexity index is 1410. The summed E-state index contributed by atoms with van der Waals surface area (Å²) >= 11 is 0. The van der Waals surface area contributed by atoms with E-state index in [-0.39, 0.29) is 24.4 Å². The lowest BCUT2D eigenvalue weighted by Crippen LogP contribution is -2.47. The van der Waals surface area contributed by atoms with Gasteiger partial charge in [0.2, 0.25) is 5.91 Å². The summed E-state index contributed by atoms with van der Waals surface area (Å²) in [5, 5.41) is 3.20. The third-order valence-electron chi connectivity index (χ3n) is 7.47. The number of aromatic nitrogens is 1. The van der Waals surface area contributed by atoms with Crippen molar-refractivity contribution in [2.75, 3.05) is 7.11 Å². The van der Waals surface area contributed by atoms with Crippen molar-refractivity contribution in [3.63, 3.8) is 0 Å². The number of hydrogen-bond donors (Lipinski definition) is 2. The minimum Gasteiger partial charge on any atom is -0.497 e. The topological polar surface area (TPSA) is 74.4 Å². The molecule has 0 unspecified atom stereocenters. The Balaban J connectivity index is 1.53. The first-order chi connectivity index (χ1) is 19.5. The molecular weight excluding hydrogens is 505 g/mol. The lowest BCUT2D eigenvalue weighted by molar-refractivity contribution is -0.127. The van der Waals surface area contributed by atoms with E-state index in [4.69, 9.17) is 4.74 Å². The van der Waals surface area contributed by atoms with Gasteiger partial charge in [0.1, 0.15) is 23.3 Å². The number of halogens is 1. The molecule has 0 radical (unpaired) electrons. The number of carbonyl (C=O) groups is 2. The quantitative estimate of drug-likeness (QED) is 0.250. The van der Waals surface area contributed by atoms with Crippen molar-refractivity contribution in [3.05, 3.63) is 114 Å². The van der Waals surface area contributed by atoms with Crippen molar-refractivity contribution in [1.82, 2.24) is 15.2 Å². The third-order valence-corrected chi connectivity index (χ3v) is 7.47. The van der Waals surface area contributed by atoms with Gasteiger partial charge in [0, 0.05) is 18.3 Å². The minimum atomic E-state index is -0.958. The van der Waals surface area contributed by atoms with Crippen LogP contribution in [-0.4, -0.2) is 34.8 Å². The summed E-state index contributed by atoms with van der Waals surface area (Å²) in [6, 6.07) is 25.7. The summed E-state index contributed by atoms with van der Waals surface area (Å²) < 4.78 is 19.2. The molecule has 7 heteroatoms. The van der Waals surface area contributed by atoms with Crippen molar-refractivity contribution in [3.8, 4) is 17.0 Å². The lowest BCUT2D eigenvalue weighted by atomic mass is 9.94. The summed E-state index contributed by atoms with van der Waals surface area (Å²) in [7, 11) is 1.60. The molecule has 0 bridgehead atoms. The van der Waals surface area contributed by atoms with Crippen molar-refractivity contribution < 1.29 is 18.7 Å². The van der Waals surface area contributed by atoms with Gasteiger partial charge in [-0.05, 0) is 65.9 Å². The van der Waals surface area contributed by atoms with Gasteiger partial charge in [-0.2, -0.15) is 0 Å². The van der Waals surface area contributed by atoms with E-state index in [1.807, 2.05) is 60.7 Å². The Hall–Kier alpha value is -4.39. The smallest absolute Gasteiger partial charge is 0.271 e. The van der Waals surface area contributed by atoms with Gasteiger partial charge in [-0.15, -0.1) is 0 Å². The highest BCUT2D eigenvalue weighted by atomic mass is 19.1. The summed E-state index contributed by atoms with van der Waals surface area (Å²) in [5.41, 5.74) is 3.50. The number of aromatic amines is 1. The Morgan fingerprint density at radius 1 is 0.925 bits per heavy atom. The average molecular weight is 540 g/mol. The Kier molecular flexibility index (Phi) is 8.59. The molecule has 2 amide bonds. The van der Waals surface area contributed by atoms with Crippen LogP contribution in [0.1, 0.15) is 59.8 Å². The molecule has 40 heavy (non-hydrogen) atoms. The van der Waals surface area contributed by atoms with Gasteiger partial charge in [-0.1, -0.05) is 73.9 Å². The first-order valence-corrected chi connectivity index (χ1v) is 13.8. The molecule has 5 rings (SSSR count). The number of benzene rings is 3. The second-order valence-electron chi connectivity index (χ2n) is 10.2. The Morgan fingerprint density at radius 3 is 2.30 bits per heavy atom. The van der Waals surface area contributed by atoms with Crippen LogP contribution in [-0.2, 0) is 11.3 Å². The SMILES string of the molecule is COc1ccc(CN(C(=O)c2ccc(-c3ccccc3)[nH]2)[C@H](C(=O)NC2CCCCC2)c2ccc(F)cc2)cc1. The molecule has 1 saturated carbocycles. The highest BCUT2D eigenvalue weighted by Crippen LogP contribution is 2.29. The van der Waals surface area contributed by atoms with Crippen LogP contribution in [0.4, 0.5) is 4.39 Å². The average Bonchev–Trinajstić information content (AvgIpc) is 3.49. The van der Waals surface area contributed by atoms with Crippen LogP contribution in [0.2, 0.25) is 0 Å². The van der Waals surface area contributed by atoms with E-state index in [0.29, 0.717) is 17.0 Å². The zero-order valence-corrected chi connectivity index (χ0v) is 22.6. The number of H-pyrrole nitrogens is 1. The standard InChI is InChI=1S/C33H34FN3O3/c1-40-28-18-12-23(13-19-28)22-37(33(39)30-21-20-29(36-30)24-8-4-2-5-9-24)31(25-14-16-26(34)17-15-25)32(38)35-27-10-6-3-7-11-27/h2,4-5,8-9,12-21,27,31,36H,3,6-7,10-11,22H2,1H3,(H,35,38)/t31-/m0/s1. The first-order valence-electron chi connectivity index (χ1n) is 13.8. The summed E-state index contributed by atoms with van der Waals surface area (Å²) in [5.74, 6) is -0.301. The van der Waals surface area contributed by atoms with E-state index in [1.165, 1.54) is 12.1 Å². The maximum Gasteiger partial charge on any atom is 0.271 e. The molecule has 1 aliphatic carbocycles. The van der Waals surface area contributed by atoms with E-state index in [0.717, 1.165) is 48.9 Å². The Morgan fingerprint density at radius 2 is 1.62 bits per heavy atom. The van der Waals surface area contributed by atoms with Gasteiger partial charge in [-0.3, -0.25) is 9.59 Å². The van der Waals surface area contributed by atoms with E-state index in [9.17, 15) is 14.0 Å². The second kappa shape index (κ2) is 12.6. The zero-order chi connectivity index (χ0) is 27.9. The van der Waals surface area contributed by atoms with E-state index < -0.39 is 11.9 Å². The van der Waals surface area contributed by atoms with Crippen molar-refractivity contribution in [2.24, 2.45) is 0 Å². The number of nitrogens with one attached hydrogen (secondary N) is 2. The first kappa shape index (κ1) is 27.2. The molecule has 206 valence electrons. The molecule has 1 fully saturated rings. The molecule has 0 saturated heterocycles. The van der Waals surface area contributed by atoms with Crippen LogP contribution in [0.15, 0.2) is 91.0 Å². The summed E-state index contributed by atoms with van der Waals surface area (Å²) in [4.78, 5) is 33.0. The molecule has 0 aliphatic heterocycles. The molecule has 1 aliphatic rings. The van der Waals surface area contributed by atoms with Crippen molar-refractivity contribution >= 4 is 11.8 Å². The molecular formula is C33H34FN3O3. The number of ether oxygens (including phenoxy) is 1. The Labute approximate surface area is 234 Å². The van der Waals surface area contributed by atoms with Gasteiger partial charge < -0.3 is 19.9 Å². The highest BCUT2D eigenvalue weighted by molar-refractivity contribution is 5.97. The summed E-state index contributed by atoms with van der Waals surface area (Å²) in [6.45, 7) is 0.169. The van der Waals surface area contributed by atoms with Crippen molar-refractivity contribution in [2.45, 2.75) is 50.7 Å². The predicted octanol–water partition coefficient (Wildman–Crippen LogP) is 6.66. The maximum atomic E-state index is 14.2. The van der Waals surface area contributed by atoms with Gasteiger partial charge in [0.25, 0.3) is 5.91 Å². The number of hydrogen-bond acceptors (Lipinski definition) is 3. The number of carbonyl (C=O) groups excluding carboxylic acids is 2. The van der Waals surface area contributed by atoms with E-state index in [1.54, 1.807) is 30.2 Å². The number of nitrogens with zero attached hydrogens (tertiary/aromatic N) is 1. The largest absolute Gasteiger partial charge is 0.497 e. The van der Waals surface area contributed by atoms with E-state index >= 15 is 0 Å². The van der Waals surface area contributed by atoms with Crippen LogP contribution in [0, 0.1) is 5.82 Å². The zero-order valence-electron chi connectivity index (χ0n) is 22.6. The fraction of sp³-hybridized carbons (Fsp3) is 0.273. The lowest BCUT2D eigenvalue weighted by Gasteiger charge is -2.33.